The Hall–Kier alpha value is -1.12. The lowest BCUT2D eigenvalue weighted by molar-refractivity contribution is 0.265. The molecule has 0 aliphatic rings. The molecular weight excluding hydrogens is 455 g/mol. The van der Waals surface area contributed by atoms with Crippen molar-refractivity contribution >= 4 is 41.3 Å². The molecule has 0 fully saturated rings. The third-order valence-corrected chi connectivity index (χ3v) is 5.50. The van der Waals surface area contributed by atoms with Crippen LogP contribution in [0.4, 0.5) is 0 Å². The second kappa shape index (κ2) is 11.6. The first-order chi connectivity index (χ1) is 12.0. The number of benzene rings is 1. The highest BCUT2D eigenvalue weighted by Gasteiger charge is 2.09. The van der Waals surface area contributed by atoms with E-state index in [0.29, 0.717) is 6.04 Å². The Labute approximate surface area is 179 Å². The standard InChI is InChI=1S/C20H30N4S.HI/c1-15(2)24(5)14-18-9-7-6-8-17(18)12-22-20(21-4)23-13-19-16(3)10-11-25-19;/h6-11,15H,12-14H2,1-5H3,(H2,21,22,23);1H. The van der Waals surface area contributed by atoms with Crippen molar-refractivity contribution in [3.8, 4) is 0 Å². The fourth-order valence-electron chi connectivity index (χ4n) is 2.48. The Balaban J connectivity index is 0.00000338. The number of hydrogen-bond donors (Lipinski definition) is 2. The number of rotatable bonds is 7. The monoisotopic (exact) mass is 486 g/mol. The Bertz CT molecular complexity index is 697. The van der Waals surface area contributed by atoms with Gasteiger partial charge in [0, 0.05) is 31.1 Å². The smallest absolute Gasteiger partial charge is 0.191 e. The molecular formula is C20H31IN4S. The fraction of sp³-hybridized carbons (Fsp3) is 0.450. The predicted octanol–water partition coefficient (Wildman–Crippen LogP) is 4.38. The number of thiophene rings is 1. The van der Waals surface area contributed by atoms with Crippen LogP contribution in [0.15, 0.2) is 40.7 Å². The van der Waals surface area contributed by atoms with Gasteiger partial charge in [-0.3, -0.25) is 9.89 Å². The van der Waals surface area contributed by atoms with Crippen LogP contribution in [0.1, 0.15) is 35.4 Å². The molecule has 0 spiro atoms. The van der Waals surface area contributed by atoms with Crippen molar-refractivity contribution in [3.05, 3.63) is 57.3 Å². The summed E-state index contributed by atoms with van der Waals surface area (Å²) in [6.45, 7) is 9.12. The van der Waals surface area contributed by atoms with Crippen LogP contribution in [0, 0.1) is 6.92 Å². The summed E-state index contributed by atoms with van der Waals surface area (Å²) in [7, 11) is 3.98. The number of guanidine groups is 1. The van der Waals surface area contributed by atoms with E-state index in [-0.39, 0.29) is 24.0 Å². The maximum atomic E-state index is 4.34. The van der Waals surface area contributed by atoms with Gasteiger partial charge in [-0.05, 0) is 56.0 Å². The molecule has 0 aliphatic carbocycles. The van der Waals surface area contributed by atoms with Gasteiger partial charge < -0.3 is 10.6 Å². The molecule has 6 heteroatoms. The van der Waals surface area contributed by atoms with Gasteiger partial charge in [-0.2, -0.15) is 0 Å². The number of hydrogen-bond acceptors (Lipinski definition) is 3. The zero-order chi connectivity index (χ0) is 18.2. The molecule has 2 aromatic rings. The van der Waals surface area contributed by atoms with E-state index in [0.717, 1.165) is 25.6 Å². The molecule has 1 heterocycles. The lowest BCUT2D eigenvalue weighted by atomic mass is 10.1. The second-order valence-electron chi connectivity index (χ2n) is 6.58. The van der Waals surface area contributed by atoms with Gasteiger partial charge in [0.15, 0.2) is 5.96 Å². The first kappa shape index (κ1) is 22.9. The van der Waals surface area contributed by atoms with Gasteiger partial charge in [-0.25, -0.2) is 0 Å². The van der Waals surface area contributed by atoms with E-state index in [2.05, 4.69) is 84.1 Å². The third-order valence-electron chi connectivity index (χ3n) is 4.47. The van der Waals surface area contributed by atoms with Crippen LogP contribution in [0.2, 0.25) is 0 Å². The first-order valence-electron chi connectivity index (χ1n) is 8.75. The average Bonchev–Trinajstić information content (AvgIpc) is 3.01. The summed E-state index contributed by atoms with van der Waals surface area (Å²) in [5, 5.41) is 8.96. The summed E-state index contributed by atoms with van der Waals surface area (Å²) in [6.07, 6.45) is 0. The molecule has 0 amide bonds. The van der Waals surface area contributed by atoms with Crippen molar-refractivity contribution in [2.75, 3.05) is 14.1 Å². The van der Waals surface area contributed by atoms with Crippen LogP contribution >= 0.6 is 35.3 Å². The average molecular weight is 486 g/mol. The Morgan fingerprint density at radius 2 is 1.77 bits per heavy atom. The van der Waals surface area contributed by atoms with Crippen molar-refractivity contribution in [2.45, 2.75) is 46.4 Å². The maximum absolute atomic E-state index is 4.34. The van der Waals surface area contributed by atoms with Crippen LogP contribution in [0.25, 0.3) is 0 Å². The number of halogens is 1. The minimum Gasteiger partial charge on any atom is -0.352 e. The van der Waals surface area contributed by atoms with Crippen LogP contribution in [-0.4, -0.2) is 31.0 Å². The molecule has 0 atom stereocenters. The number of aliphatic imine (C=N–C) groups is 1. The SMILES string of the molecule is CN=C(NCc1ccccc1CN(C)C(C)C)NCc1sccc1C.I. The molecule has 0 unspecified atom stereocenters. The molecule has 1 aromatic heterocycles. The molecule has 144 valence electrons. The van der Waals surface area contributed by atoms with Crippen molar-refractivity contribution in [2.24, 2.45) is 4.99 Å². The van der Waals surface area contributed by atoms with Crippen LogP contribution < -0.4 is 10.6 Å². The molecule has 0 bridgehead atoms. The van der Waals surface area contributed by atoms with E-state index in [1.807, 2.05) is 7.05 Å². The summed E-state index contributed by atoms with van der Waals surface area (Å²) in [5.74, 6) is 0.833. The fourth-order valence-corrected chi connectivity index (χ4v) is 3.33. The zero-order valence-electron chi connectivity index (χ0n) is 16.4. The van der Waals surface area contributed by atoms with E-state index in [9.17, 15) is 0 Å². The predicted molar refractivity (Wildman–Crippen MR) is 125 cm³/mol. The van der Waals surface area contributed by atoms with Gasteiger partial charge >= 0.3 is 0 Å². The number of nitrogens with zero attached hydrogens (tertiary/aromatic N) is 2. The topological polar surface area (TPSA) is 39.7 Å². The van der Waals surface area contributed by atoms with E-state index in [4.69, 9.17) is 0 Å². The van der Waals surface area contributed by atoms with E-state index < -0.39 is 0 Å². The summed E-state index contributed by atoms with van der Waals surface area (Å²) < 4.78 is 0. The van der Waals surface area contributed by atoms with Gasteiger partial charge in [-0.15, -0.1) is 35.3 Å². The summed E-state index contributed by atoms with van der Waals surface area (Å²) in [5.41, 5.74) is 4.00. The van der Waals surface area contributed by atoms with Crippen molar-refractivity contribution < 1.29 is 0 Å². The first-order valence-corrected chi connectivity index (χ1v) is 9.63. The molecule has 1 aromatic carbocycles. The Morgan fingerprint density at radius 1 is 1.12 bits per heavy atom. The zero-order valence-corrected chi connectivity index (χ0v) is 19.5. The van der Waals surface area contributed by atoms with E-state index in [1.54, 1.807) is 11.3 Å². The van der Waals surface area contributed by atoms with Gasteiger partial charge in [0.2, 0.25) is 0 Å². The Morgan fingerprint density at radius 3 is 2.35 bits per heavy atom. The Kier molecular flexibility index (Phi) is 10.2. The molecule has 0 saturated carbocycles. The van der Waals surface area contributed by atoms with E-state index in [1.165, 1.54) is 21.6 Å². The highest BCUT2D eigenvalue weighted by atomic mass is 127. The summed E-state index contributed by atoms with van der Waals surface area (Å²) in [6, 6.07) is 11.3. The molecule has 2 N–H and O–H groups in total. The number of nitrogens with one attached hydrogen (secondary N) is 2. The highest BCUT2D eigenvalue weighted by molar-refractivity contribution is 14.0. The van der Waals surface area contributed by atoms with E-state index >= 15 is 0 Å². The largest absolute Gasteiger partial charge is 0.352 e. The third kappa shape index (κ3) is 6.89. The lowest BCUT2D eigenvalue weighted by Gasteiger charge is -2.23. The highest BCUT2D eigenvalue weighted by Crippen LogP contribution is 2.15. The van der Waals surface area contributed by atoms with Crippen LogP contribution in [-0.2, 0) is 19.6 Å². The van der Waals surface area contributed by atoms with Gasteiger partial charge in [0.25, 0.3) is 0 Å². The molecule has 4 nitrogen and oxygen atoms in total. The van der Waals surface area contributed by atoms with Gasteiger partial charge in [-0.1, -0.05) is 24.3 Å². The number of aryl methyl sites for hydroxylation is 1. The van der Waals surface area contributed by atoms with Crippen molar-refractivity contribution in [1.82, 2.24) is 15.5 Å². The van der Waals surface area contributed by atoms with Gasteiger partial charge in [0.1, 0.15) is 0 Å². The molecule has 0 aliphatic heterocycles. The minimum atomic E-state index is 0. The minimum absolute atomic E-state index is 0. The molecule has 26 heavy (non-hydrogen) atoms. The van der Waals surface area contributed by atoms with Crippen molar-refractivity contribution in [3.63, 3.8) is 0 Å². The van der Waals surface area contributed by atoms with Crippen LogP contribution in [0.5, 0.6) is 0 Å². The van der Waals surface area contributed by atoms with Crippen molar-refractivity contribution in [1.29, 1.82) is 0 Å². The molecule has 0 saturated heterocycles. The lowest BCUT2D eigenvalue weighted by Crippen LogP contribution is -2.36. The normalized spacial score (nSPS) is 11.6. The second-order valence-corrected chi connectivity index (χ2v) is 7.58. The van der Waals surface area contributed by atoms with Crippen LogP contribution in [0.3, 0.4) is 0 Å². The molecule has 0 radical (unpaired) electrons. The molecule has 2 rings (SSSR count). The maximum Gasteiger partial charge on any atom is 0.191 e. The summed E-state index contributed by atoms with van der Waals surface area (Å²) in [4.78, 5) is 8.04. The summed E-state index contributed by atoms with van der Waals surface area (Å²) >= 11 is 1.78. The quantitative estimate of drug-likeness (QED) is 0.347. The van der Waals surface area contributed by atoms with Gasteiger partial charge in [0.05, 0.1) is 6.54 Å².